The Morgan fingerprint density at radius 2 is 1.72 bits per heavy atom. The monoisotopic (exact) mass is 336 g/mol. The lowest BCUT2D eigenvalue weighted by atomic mass is 10.3. The highest BCUT2D eigenvalue weighted by atomic mass is 35.5. The van der Waals surface area contributed by atoms with E-state index in [4.69, 9.17) is 46.4 Å². The maximum atomic E-state index is 6.09. The van der Waals surface area contributed by atoms with Gasteiger partial charge in [-0.3, -0.25) is 0 Å². The molecule has 0 saturated carbocycles. The molecule has 0 fully saturated rings. The molecule has 0 saturated heterocycles. The van der Waals surface area contributed by atoms with Gasteiger partial charge in [-0.2, -0.15) is 0 Å². The SMILES string of the molecule is Clc1cc(-c2nc3cc(Cl)c(Cl)cc3[nH]2)c(Cl)s1. The van der Waals surface area contributed by atoms with E-state index in [1.807, 2.05) is 0 Å². The fourth-order valence-electron chi connectivity index (χ4n) is 1.63. The van der Waals surface area contributed by atoms with Crippen molar-refractivity contribution in [1.29, 1.82) is 0 Å². The van der Waals surface area contributed by atoms with Gasteiger partial charge in [0.25, 0.3) is 0 Å². The summed E-state index contributed by atoms with van der Waals surface area (Å²) < 4.78 is 1.21. The van der Waals surface area contributed by atoms with Crippen LogP contribution in [0.2, 0.25) is 18.7 Å². The van der Waals surface area contributed by atoms with E-state index in [9.17, 15) is 0 Å². The summed E-state index contributed by atoms with van der Waals surface area (Å²) >= 11 is 25.2. The van der Waals surface area contributed by atoms with Gasteiger partial charge in [-0.05, 0) is 18.2 Å². The van der Waals surface area contributed by atoms with Gasteiger partial charge in [0.1, 0.15) is 10.2 Å². The van der Waals surface area contributed by atoms with Gasteiger partial charge >= 0.3 is 0 Å². The van der Waals surface area contributed by atoms with Crippen LogP contribution in [0.5, 0.6) is 0 Å². The molecule has 0 bridgehead atoms. The largest absolute Gasteiger partial charge is 0.338 e. The molecule has 0 aliphatic rings. The molecule has 0 spiro atoms. The van der Waals surface area contributed by atoms with Crippen molar-refractivity contribution in [3.05, 3.63) is 36.9 Å². The summed E-state index contributed by atoms with van der Waals surface area (Å²) in [4.78, 5) is 7.57. The highest BCUT2D eigenvalue weighted by Crippen LogP contribution is 2.38. The molecule has 3 aromatic rings. The first-order valence-electron chi connectivity index (χ1n) is 4.84. The molecule has 0 unspecified atom stereocenters. The van der Waals surface area contributed by atoms with Crippen molar-refractivity contribution in [3.8, 4) is 11.4 Å². The van der Waals surface area contributed by atoms with E-state index in [0.717, 1.165) is 16.6 Å². The molecule has 18 heavy (non-hydrogen) atoms. The summed E-state index contributed by atoms with van der Waals surface area (Å²) in [6, 6.07) is 5.22. The van der Waals surface area contributed by atoms with E-state index >= 15 is 0 Å². The number of nitrogens with zero attached hydrogens (tertiary/aromatic N) is 1. The number of rotatable bonds is 1. The summed E-state index contributed by atoms with van der Waals surface area (Å²) in [6.07, 6.45) is 0. The molecule has 3 rings (SSSR count). The molecule has 92 valence electrons. The molecule has 2 heterocycles. The Balaban J connectivity index is 2.22. The molecular formula is C11H4Cl4N2S. The number of benzene rings is 1. The molecule has 2 nitrogen and oxygen atoms in total. The zero-order valence-electron chi connectivity index (χ0n) is 8.60. The lowest BCUT2D eigenvalue weighted by molar-refractivity contribution is 1.35. The predicted octanol–water partition coefficient (Wildman–Crippen LogP) is 5.91. The summed E-state index contributed by atoms with van der Waals surface area (Å²) in [5.41, 5.74) is 2.31. The first-order chi connectivity index (χ1) is 8.54. The normalized spacial score (nSPS) is 11.3. The third-order valence-electron chi connectivity index (χ3n) is 2.44. The molecule has 0 aliphatic heterocycles. The zero-order valence-corrected chi connectivity index (χ0v) is 12.4. The lowest BCUT2D eigenvalue weighted by Gasteiger charge is -1.93. The first-order valence-corrected chi connectivity index (χ1v) is 7.17. The number of fused-ring (bicyclic) bond motifs is 1. The number of H-pyrrole nitrogens is 1. The Labute approximate surface area is 126 Å². The highest BCUT2D eigenvalue weighted by molar-refractivity contribution is 7.20. The minimum atomic E-state index is 0.469. The van der Waals surface area contributed by atoms with Crippen LogP contribution in [0.4, 0.5) is 0 Å². The van der Waals surface area contributed by atoms with E-state index in [-0.39, 0.29) is 0 Å². The predicted molar refractivity (Wildman–Crippen MR) is 79.4 cm³/mol. The van der Waals surface area contributed by atoms with Crippen molar-refractivity contribution in [2.75, 3.05) is 0 Å². The fraction of sp³-hybridized carbons (Fsp3) is 0. The molecule has 1 N–H and O–H groups in total. The van der Waals surface area contributed by atoms with Gasteiger partial charge < -0.3 is 4.98 Å². The molecule has 1 aromatic carbocycles. The van der Waals surface area contributed by atoms with Gasteiger partial charge in [-0.25, -0.2) is 4.98 Å². The van der Waals surface area contributed by atoms with Gasteiger partial charge in [-0.15, -0.1) is 11.3 Å². The quantitative estimate of drug-likeness (QED) is 0.587. The van der Waals surface area contributed by atoms with Crippen molar-refractivity contribution >= 4 is 68.8 Å². The van der Waals surface area contributed by atoms with Crippen molar-refractivity contribution in [2.45, 2.75) is 0 Å². The summed E-state index contributed by atoms with van der Waals surface area (Å²) in [5, 5.41) is 0.950. The van der Waals surface area contributed by atoms with Crippen LogP contribution in [0.1, 0.15) is 0 Å². The van der Waals surface area contributed by atoms with Gasteiger partial charge in [0.2, 0.25) is 0 Å². The number of nitrogens with one attached hydrogen (secondary N) is 1. The minimum absolute atomic E-state index is 0.469. The number of thiophene rings is 1. The van der Waals surface area contributed by atoms with E-state index in [2.05, 4.69) is 9.97 Å². The van der Waals surface area contributed by atoms with E-state index < -0.39 is 0 Å². The van der Waals surface area contributed by atoms with Crippen LogP contribution in [-0.4, -0.2) is 9.97 Å². The Morgan fingerprint density at radius 1 is 1.00 bits per heavy atom. The van der Waals surface area contributed by atoms with Crippen LogP contribution in [0.15, 0.2) is 18.2 Å². The van der Waals surface area contributed by atoms with Crippen molar-refractivity contribution in [1.82, 2.24) is 9.97 Å². The summed E-state index contributed by atoms with van der Waals surface area (Å²) in [7, 11) is 0. The average molecular weight is 338 g/mol. The first kappa shape index (κ1) is 12.6. The Bertz CT molecular complexity index is 708. The van der Waals surface area contributed by atoms with Gasteiger partial charge in [0, 0.05) is 5.56 Å². The smallest absolute Gasteiger partial charge is 0.140 e. The maximum Gasteiger partial charge on any atom is 0.140 e. The Hall–Kier alpha value is -0.450. The number of hydrogen-bond donors (Lipinski definition) is 1. The summed E-state index contributed by atoms with van der Waals surface area (Å²) in [5.74, 6) is 0.650. The molecule has 0 atom stereocenters. The number of hydrogen-bond acceptors (Lipinski definition) is 2. The number of imidazole rings is 1. The number of halogens is 4. The van der Waals surface area contributed by atoms with Crippen LogP contribution in [0.25, 0.3) is 22.4 Å². The lowest BCUT2D eigenvalue weighted by Crippen LogP contribution is -1.75. The van der Waals surface area contributed by atoms with Gasteiger partial charge in [0.15, 0.2) is 0 Å². The second-order valence-electron chi connectivity index (χ2n) is 3.61. The number of aromatic nitrogens is 2. The minimum Gasteiger partial charge on any atom is -0.338 e. The second kappa shape index (κ2) is 4.58. The third kappa shape index (κ3) is 2.10. The van der Waals surface area contributed by atoms with Crippen molar-refractivity contribution < 1.29 is 0 Å². The third-order valence-corrected chi connectivity index (χ3v) is 4.65. The van der Waals surface area contributed by atoms with E-state index in [1.54, 1.807) is 18.2 Å². The van der Waals surface area contributed by atoms with Crippen LogP contribution < -0.4 is 0 Å². The van der Waals surface area contributed by atoms with Crippen molar-refractivity contribution in [2.24, 2.45) is 0 Å². The second-order valence-corrected chi connectivity index (χ2v) is 6.71. The maximum absolute atomic E-state index is 6.09. The van der Waals surface area contributed by atoms with Crippen LogP contribution in [0, 0.1) is 0 Å². The number of aromatic amines is 1. The van der Waals surface area contributed by atoms with Gasteiger partial charge in [-0.1, -0.05) is 46.4 Å². The van der Waals surface area contributed by atoms with Crippen LogP contribution in [-0.2, 0) is 0 Å². The topological polar surface area (TPSA) is 28.7 Å². The fourth-order valence-corrected chi connectivity index (χ4v) is 3.42. The van der Waals surface area contributed by atoms with Crippen molar-refractivity contribution in [3.63, 3.8) is 0 Å². The molecule has 2 aromatic heterocycles. The highest BCUT2D eigenvalue weighted by Gasteiger charge is 2.13. The van der Waals surface area contributed by atoms with E-state index in [1.165, 1.54) is 11.3 Å². The Kier molecular flexibility index (Phi) is 3.20. The molecule has 0 aliphatic carbocycles. The molecule has 0 radical (unpaired) electrons. The molecular weight excluding hydrogens is 334 g/mol. The summed E-state index contributed by atoms with van der Waals surface area (Å²) in [6.45, 7) is 0. The zero-order chi connectivity index (χ0) is 12.9. The Morgan fingerprint density at radius 3 is 2.39 bits per heavy atom. The molecule has 0 amide bonds. The van der Waals surface area contributed by atoms with E-state index in [0.29, 0.717) is 24.5 Å². The van der Waals surface area contributed by atoms with Gasteiger partial charge in [0.05, 0.1) is 25.4 Å². The standard InChI is InChI=1S/C11H4Cl4N2S/c12-5-2-7-8(3-6(5)13)17-11(16-7)4-1-9(14)18-10(4)15/h1-3H,(H,16,17). The van der Waals surface area contributed by atoms with Crippen LogP contribution >= 0.6 is 57.7 Å². The average Bonchev–Trinajstić information content (AvgIpc) is 2.82. The van der Waals surface area contributed by atoms with Crippen LogP contribution in [0.3, 0.4) is 0 Å². The molecule has 7 heteroatoms.